The molecule has 1 atom stereocenters. The monoisotopic (exact) mass is 368 g/mol. The molecule has 2 rings (SSSR count). The van der Waals surface area contributed by atoms with Crippen molar-refractivity contribution >= 4 is 29.3 Å². The van der Waals surface area contributed by atoms with Crippen LogP contribution in [0.1, 0.15) is 13.8 Å². The molecule has 0 aliphatic carbocycles. The Morgan fingerprint density at radius 3 is 2.71 bits per heavy atom. The average Bonchev–Trinajstić information content (AvgIpc) is 2.96. The van der Waals surface area contributed by atoms with Gasteiger partial charge in [0.2, 0.25) is 5.91 Å². The molecule has 0 fully saturated rings. The summed E-state index contributed by atoms with van der Waals surface area (Å²) >= 11 is 7.30. The molecular weight excluding hydrogens is 348 g/mol. The summed E-state index contributed by atoms with van der Waals surface area (Å²) in [6.07, 6.45) is 0. The normalized spacial score (nSPS) is 12.2. The smallest absolute Gasteiger partial charge is 0.230 e. The molecule has 130 valence electrons. The van der Waals surface area contributed by atoms with Gasteiger partial charge in [-0.3, -0.25) is 4.79 Å². The van der Waals surface area contributed by atoms with Crippen LogP contribution in [0.3, 0.4) is 0 Å². The second-order valence-electron chi connectivity index (χ2n) is 5.27. The van der Waals surface area contributed by atoms with E-state index >= 15 is 0 Å². The number of carbonyl (C=O) groups excluding carboxylic acids is 1. The van der Waals surface area contributed by atoms with Crippen LogP contribution in [0.2, 0.25) is 5.02 Å². The second-order valence-corrected chi connectivity index (χ2v) is 6.65. The first-order valence-corrected chi connectivity index (χ1v) is 9.01. The van der Waals surface area contributed by atoms with E-state index in [2.05, 4.69) is 15.5 Å². The van der Waals surface area contributed by atoms with Gasteiger partial charge < -0.3 is 14.6 Å². The lowest BCUT2D eigenvalue weighted by molar-refractivity contribution is -0.119. The molecule has 0 aliphatic heterocycles. The van der Waals surface area contributed by atoms with E-state index < -0.39 is 0 Å². The van der Waals surface area contributed by atoms with Crippen LogP contribution in [0, 0.1) is 0 Å². The number of methoxy groups -OCH3 is 1. The quantitative estimate of drug-likeness (QED) is 0.725. The number of benzene rings is 1. The second kappa shape index (κ2) is 9.05. The first-order valence-electron chi connectivity index (χ1n) is 7.65. The Morgan fingerprint density at radius 2 is 2.08 bits per heavy atom. The lowest BCUT2D eigenvalue weighted by Gasteiger charge is -2.12. The number of rotatable bonds is 8. The van der Waals surface area contributed by atoms with Gasteiger partial charge in [-0.25, -0.2) is 0 Å². The van der Waals surface area contributed by atoms with E-state index in [-0.39, 0.29) is 17.7 Å². The molecule has 0 radical (unpaired) electrons. The van der Waals surface area contributed by atoms with Crippen molar-refractivity contribution in [3.63, 3.8) is 0 Å². The van der Waals surface area contributed by atoms with Crippen LogP contribution in [-0.2, 0) is 16.1 Å². The molecule has 2 aromatic rings. The third-order valence-electron chi connectivity index (χ3n) is 3.29. The highest BCUT2D eigenvalue weighted by Crippen LogP contribution is 2.24. The van der Waals surface area contributed by atoms with Crippen molar-refractivity contribution in [3.8, 4) is 11.4 Å². The van der Waals surface area contributed by atoms with E-state index in [0.717, 1.165) is 23.1 Å². The van der Waals surface area contributed by atoms with E-state index in [1.54, 1.807) is 7.11 Å². The fourth-order valence-electron chi connectivity index (χ4n) is 2.23. The molecule has 24 heavy (non-hydrogen) atoms. The van der Waals surface area contributed by atoms with E-state index in [1.165, 1.54) is 11.8 Å². The summed E-state index contributed by atoms with van der Waals surface area (Å²) in [7, 11) is 1.61. The van der Waals surface area contributed by atoms with Crippen molar-refractivity contribution < 1.29 is 9.53 Å². The summed E-state index contributed by atoms with van der Waals surface area (Å²) in [5, 5.41) is 12.7. The lowest BCUT2D eigenvalue weighted by atomic mass is 10.2. The minimum Gasteiger partial charge on any atom is -0.383 e. The van der Waals surface area contributed by atoms with Crippen molar-refractivity contribution in [2.24, 2.45) is 0 Å². The molecule has 1 heterocycles. The largest absolute Gasteiger partial charge is 0.383 e. The van der Waals surface area contributed by atoms with Crippen molar-refractivity contribution in [1.29, 1.82) is 0 Å². The van der Waals surface area contributed by atoms with Gasteiger partial charge in [0.1, 0.15) is 0 Å². The highest BCUT2D eigenvalue weighted by atomic mass is 35.5. The molecule has 1 N–H and O–H groups in total. The Morgan fingerprint density at radius 1 is 1.38 bits per heavy atom. The third-order valence-corrected chi connectivity index (χ3v) is 4.51. The SMILES string of the molecule is CCn1c(SCC(=O)NC(C)COC)nnc1-c1ccc(Cl)cc1. The maximum absolute atomic E-state index is 12.0. The summed E-state index contributed by atoms with van der Waals surface area (Å²) < 4.78 is 6.99. The fourth-order valence-corrected chi connectivity index (χ4v) is 3.17. The number of aromatic nitrogens is 3. The summed E-state index contributed by atoms with van der Waals surface area (Å²) in [5.41, 5.74) is 0.943. The topological polar surface area (TPSA) is 69.0 Å². The first-order chi connectivity index (χ1) is 11.5. The number of halogens is 1. The summed E-state index contributed by atoms with van der Waals surface area (Å²) in [4.78, 5) is 12.0. The number of nitrogens with zero attached hydrogens (tertiary/aromatic N) is 3. The van der Waals surface area contributed by atoms with Gasteiger partial charge in [-0.15, -0.1) is 10.2 Å². The summed E-state index contributed by atoms with van der Waals surface area (Å²) in [6.45, 7) is 5.13. The average molecular weight is 369 g/mol. The zero-order chi connectivity index (χ0) is 17.5. The molecule has 8 heteroatoms. The maximum atomic E-state index is 12.0. The van der Waals surface area contributed by atoms with Gasteiger partial charge in [-0.1, -0.05) is 23.4 Å². The third kappa shape index (κ3) is 4.96. The van der Waals surface area contributed by atoms with E-state index in [1.807, 2.05) is 42.7 Å². The Bertz CT molecular complexity index is 675. The molecular formula is C16H21ClN4O2S. The van der Waals surface area contributed by atoms with Crippen LogP contribution < -0.4 is 5.32 Å². The Labute approximate surface area is 150 Å². The molecule has 1 unspecified atom stereocenters. The van der Waals surface area contributed by atoms with Gasteiger partial charge in [0.05, 0.1) is 12.4 Å². The fraction of sp³-hybridized carbons (Fsp3) is 0.438. The van der Waals surface area contributed by atoms with Gasteiger partial charge in [0.15, 0.2) is 11.0 Å². The minimum atomic E-state index is -0.0526. The standard InChI is InChI=1S/C16H21ClN4O2S/c1-4-21-15(12-5-7-13(17)8-6-12)19-20-16(21)24-10-14(22)18-11(2)9-23-3/h5-8,11H,4,9-10H2,1-3H3,(H,18,22). The predicted octanol–water partition coefficient (Wildman–Crippen LogP) is 2.86. The van der Waals surface area contributed by atoms with Gasteiger partial charge in [0.25, 0.3) is 0 Å². The van der Waals surface area contributed by atoms with E-state index in [9.17, 15) is 4.79 Å². The molecule has 0 saturated carbocycles. The van der Waals surface area contributed by atoms with E-state index in [4.69, 9.17) is 16.3 Å². The molecule has 1 aromatic carbocycles. The molecule has 0 spiro atoms. The molecule has 0 bridgehead atoms. The number of hydrogen-bond donors (Lipinski definition) is 1. The van der Waals surface area contributed by atoms with Crippen molar-refractivity contribution in [2.45, 2.75) is 31.6 Å². The first kappa shape index (κ1) is 18.8. The van der Waals surface area contributed by atoms with Crippen LogP contribution in [0.4, 0.5) is 0 Å². The van der Waals surface area contributed by atoms with Crippen LogP contribution >= 0.6 is 23.4 Å². The molecule has 0 aliphatic rings. The molecule has 0 saturated heterocycles. The number of nitrogens with one attached hydrogen (secondary N) is 1. The van der Waals surface area contributed by atoms with Crippen molar-refractivity contribution in [1.82, 2.24) is 20.1 Å². The molecule has 1 aromatic heterocycles. The van der Waals surface area contributed by atoms with Crippen molar-refractivity contribution in [2.75, 3.05) is 19.5 Å². The predicted molar refractivity (Wildman–Crippen MR) is 96.3 cm³/mol. The van der Waals surface area contributed by atoms with Gasteiger partial charge in [-0.2, -0.15) is 0 Å². The number of amides is 1. The highest BCUT2D eigenvalue weighted by Gasteiger charge is 2.15. The Kier molecular flexibility index (Phi) is 7.08. The number of carbonyl (C=O) groups is 1. The summed E-state index contributed by atoms with van der Waals surface area (Å²) in [5.74, 6) is 1.00. The Balaban J connectivity index is 2.04. The van der Waals surface area contributed by atoms with E-state index in [0.29, 0.717) is 11.6 Å². The maximum Gasteiger partial charge on any atom is 0.230 e. The molecule has 6 nitrogen and oxygen atoms in total. The van der Waals surface area contributed by atoms with Gasteiger partial charge in [0, 0.05) is 30.3 Å². The van der Waals surface area contributed by atoms with Crippen LogP contribution in [-0.4, -0.2) is 46.2 Å². The van der Waals surface area contributed by atoms with Gasteiger partial charge >= 0.3 is 0 Å². The summed E-state index contributed by atoms with van der Waals surface area (Å²) in [6, 6.07) is 7.45. The van der Waals surface area contributed by atoms with Crippen LogP contribution in [0.25, 0.3) is 11.4 Å². The Hall–Kier alpha value is -1.57. The number of thioether (sulfide) groups is 1. The van der Waals surface area contributed by atoms with Crippen molar-refractivity contribution in [3.05, 3.63) is 29.3 Å². The zero-order valence-electron chi connectivity index (χ0n) is 14.0. The van der Waals surface area contributed by atoms with Gasteiger partial charge in [-0.05, 0) is 38.1 Å². The van der Waals surface area contributed by atoms with Crippen LogP contribution in [0.15, 0.2) is 29.4 Å². The number of hydrogen-bond acceptors (Lipinski definition) is 5. The zero-order valence-corrected chi connectivity index (χ0v) is 15.5. The lowest BCUT2D eigenvalue weighted by Crippen LogP contribution is -2.36. The molecule has 1 amide bonds. The minimum absolute atomic E-state index is 0.0169. The van der Waals surface area contributed by atoms with Crippen LogP contribution in [0.5, 0.6) is 0 Å². The number of ether oxygens (including phenoxy) is 1. The highest BCUT2D eigenvalue weighted by molar-refractivity contribution is 7.99.